The van der Waals surface area contributed by atoms with Crippen molar-refractivity contribution in [2.45, 2.75) is 51.1 Å². The van der Waals surface area contributed by atoms with E-state index >= 15 is 0 Å². The number of rotatable bonds is 3. The zero-order valence-corrected chi connectivity index (χ0v) is 14.0. The van der Waals surface area contributed by atoms with Gasteiger partial charge in [0.15, 0.2) is 5.65 Å². The van der Waals surface area contributed by atoms with Crippen LogP contribution in [0.4, 0.5) is 0 Å². The van der Waals surface area contributed by atoms with Crippen molar-refractivity contribution in [3.05, 3.63) is 24.2 Å². The minimum Gasteiger partial charge on any atom is -0.317 e. The molecule has 0 saturated carbocycles. The van der Waals surface area contributed by atoms with Crippen LogP contribution in [0.25, 0.3) is 11.2 Å². The first-order valence-corrected chi connectivity index (χ1v) is 9.16. The van der Waals surface area contributed by atoms with Crippen molar-refractivity contribution in [3.8, 4) is 0 Å². The number of nitrogens with one attached hydrogen (secondary N) is 1. The van der Waals surface area contributed by atoms with Gasteiger partial charge in [-0.05, 0) is 63.9 Å². The summed E-state index contributed by atoms with van der Waals surface area (Å²) in [6, 6.07) is 4.12. The number of pyridine rings is 1. The van der Waals surface area contributed by atoms with E-state index in [1.54, 1.807) is 0 Å². The smallest absolute Gasteiger partial charge is 0.161 e. The van der Waals surface area contributed by atoms with E-state index in [1.165, 1.54) is 44.5 Å². The Kier molecular flexibility index (Phi) is 4.31. The van der Waals surface area contributed by atoms with Crippen molar-refractivity contribution in [3.63, 3.8) is 0 Å². The predicted octanol–water partition coefficient (Wildman–Crippen LogP) is 2.90. The maximum Gasteiger partial charge on any atom is 0.161 e. The maximum atomic E-state index is 5.03. The Morgan fingerprint density at radius 1 is 1.22 bits per heavy atom. The Balaban J connectivity index is 1.81. The molecule has 0 amide bonds. The van der Waals surface area contributed by atoms with E-state index < -0.39 is 0 Å². The fourth-order valence-electron chi connectivity index (χ4n) is 4.24. The first-order chi connectivity index (χ1) is 11.4. The third-order valence-electron chi connectivity index (χ3n) is 5.46. The average Bonchev–Trinajstić information content (AvgIpc) is 3.02. The number of nitrogens with zero attached hydrogens (tertiary/aromatic N) is 4. The minimum atomic E-state index is 0.429. The summed E-state index contributed by atoms with van der Waals surface area (Å²) in [5.74, 6) is 1.83. The first-order valence-electron chi connectivity index (χ1n) is 9.16. The number of aromatic nitrogens is 3. The van der Waals surface area contributed by atoms with Gasteiger partial charge in [0, 0.05) is 18.7 Å². The fourth-order valence-corrected chi connectivity index (χ4v) is 4.24. The molecule has 2 fully saturated rings. The quantitative estimate of drug-likeness (QED) is 0.946. The van der Waals surface area contributed by atoms with Crippen LogP contribution in [0.1, 0.15) is 56.9 Å². The van der Waals surface area contributed by atoms with Crippen molar-refractivity contribution in [1.29, 1.82) is 0 Å². The largest absolute Gasteiger partial charge is 0.317 e. The van der Waals surface area contributed by atoms with Gasteiger partial charge in [-0.3, -0.25) is 9.47 Å². The lowest BCUT2D eigenvalue weighted by Crippen LogP contribution is -2.38. The monoisotopic (exact) mass is 313 g/mol. The molecule has 5 nitrogen and oxygen atoms in total. The Bertz CT molecular complexity index is 658. The highest BCUT2D eigenvalue weighted by molar-refractivity contribution is 5.71. The van der Waals surface area contributed by atoms with E-state index in [9.17, 15) is 0 Å². The maximum absolute atomic E-state index is 5.03. The van der Waals surface area contributed by atoms with Crippen LogP contribution in [-0.2, 0) is 0 Å². The van der Waals surface area contributed by atoms with Crippen LogP contribution in [0.2, 0.25) is 0 Å². The molecule has 0 bridgehead atoms. The van der Waals surface area contributed by atoms with Gasteiger partial charge in [-0.1, -0.05) is 6.92 Å². The molecule has 2 aliphatic heterocycles. The van der Waals surface area contributed by atoms with Crippen LogP contribution in [0.5, 0.6) is 0 Å². The minimum absolute atomic E-state index is 0.429. The van der Waals surface area contributed by atoms with Crippen LogP contribution in [0, 0.1) is 0 Å². The molecule has 0 spiro atoms. The molecule has 1 atom stereocenters. The molecule has 2 aromatic rings. The highest BCUT2D eigenvalue weighted by Crippen LogP contribution is 2.34. The number of hydrogen-bond donors (Lipinski definition) is 1. The van der Waals surface area contributed by atoms with Crippen LogP contribution in [0.15, 0.2) is 18.3 Å². The number of likely N-dealkylation sites (tertiary alicyclic amines) is 1. The lowest BCUT2D eigenvalue weighted by molar-refractivity contribution is 0.101. The molecular weight excluding hydrogens is 286 g/mol. The van der Waals surface area contributed by atoms with Gasteiger partial charge >= 0.3 is 0 Å². The molecular formula is C18H27N5. The molecule has 5 heteroatoms. The van der Waals surface area contributed by atoms with Gasteiger partial charge in [0.1, 0.15) is 11.3 Å². The molecule has 2 saturated heterocycles. The zero-order chi connectivity index (χ0) is 15.6. The fraction of sp³-hybridized carbons (Fsp3) is 0.667. The number of hydrogen-bond acceptors (Lipinski definition) is 4. The zero-order valence-electron chi connectivity index (χ0n) is 14.0. The van der Waals surface area contributed by atoms with Gasteiger partial charge in [0.05, 0.1) is 6.17 Å². The Morgan fingerprint density at radius 3 is 2.91 bits per heavy atom. The van der Waals surface area contributed by atoms with Crippen molar-refractivity contribution >= 4 is 11.2 Å². The van der Waals surface area contributed by atoms with E-state index in [1.807, 2.05) is 12.3 Å². The summed E-state index contributed by atoms with van der Waals surface area (Å²) in [6.07, 6.45) is 8.54. The van der Waals surface area contributed by atoms with Crippen LogP contribution in [0.3, 0.4) is 0 Å². The topological polar surface area (TPSA) is 46.0 Å². The van der Waals surface area contributed by atoms with Crippen molar-refractivity contribution in [2.75, 3.05) is 26.2 Å². The lowest BCUT2D eigenvalue weighted by atomic mass is 9.96. The molecule has 1 unspecified atom stereocenters. The molecule has 124 valence electrons. The number of fused-ring (bicyclic) bond motifs is 1. The molecule has 2 aromatic heterocycles. The van der Waals surface area contributed by atoms with Gasteiger partial charge < -0.3 is 5.32 Å². The molecule has 0 radical (unpaired) electrons. The number of imidazole rings is 1. The summed E-state index contributed by atoms with van der Waals surface area (Å²) in [5.41, 5.74) is 2.13. The van der Waals surface area contributed by atoms with Crippen LogP contribution >= 0.6 is 0 Å². The summed E-state index contributed by atoms with van der Waals surface area (Å²) in [4.78, 5) is 12.3. The standard InChI is InChI=1S/C18H27N5/c1-2-22-13-4-3-7-16(22)23-17(14-8-11-19-12-9-14)21-15-6-5-10-20-18(15)23/h5-6,10,14,16,19H,2-4,7-9,11-13H2,1H3. The van der Waals surface area contributed by atoms with Gasteiger partial charge in [0.2, 0.25) is 0 Å². The second-order valence-corrected chi connectivity index (χ2v) is 6.82. The van der Waals surface area contributed by atoms with Crippen LogP contribution in [-0.4, -0.2) is 45.6 Å². The van der Waals surface area contributed by atoms with Crippen molar-refractivity contribution in [2.24, 2.45) is 0 Å². The summed E-state index contributed by atoms with van der Waals surface area (Å²) < 4.78 is 2.48. The van der Waals surface area contributed by atoms with Crippen LogP contribution < -0.4 is 5.32 Å². The van der Waals surface area contributed by atoms with Crippen molar-refractivity contribution in [1.82, 2.24) is 24.8 Å². The second kappa shape index (κ2) is 6.57. The first kappa shape index (κ1) is 15.1. The molecule has 1 N–H and O–H groups in total. The third kappa shape index (κ3) is 2.76. The Morgan fingerprint density at radius 2 is 2.09 bits per heavy atom. The number of piperidine rings is 2. The van der Waals surface area contributed by atoms with Gasteiger partial charge in [0.25, 0.3) is 0 Å². The lowest BCUT2D eigenvalue weighted by Gasteiger charge is -2.37. The van der Waals surface area contributed by atoms with E-state index in [4.69, 9.17) is 9.97 Å². The Labute approximate surface area is 138 Å². The Hall–Kier alpha value is -1.46. The highest BCUT2D eigenvalue weighted by atomic mass is 15.3. The predicted molar refractivity (Wildman–Crippen MR) is 92.5 cm³/mol. The van der Waals surface area contributed by atoms with Gasteiger partial charge in [-0.2, -0.15) is 0 Å². The van der Waals surface area contributed by atoms with E-state index in [-0.39, 0.29) is 0 Å². The average molecular weight is 313 g/mol. The van der Waals surface area contributed by atoms with E-state index in [2.05, 4.69) is 27.8 Å². The summed E-state index contributed by atoms with van der Waals surface area (Å²) in [7, 11) is 0. The molecule has 0 aromatic carbocycles. The summed E-state index contributed by atoms with van der Waals surface area (Å²) in [5, 5.41) is 3.47. The summed E-state index contributed by atoms with van der Waals surface area (Å²) in [6.45, 7) is 6.77. The molecule has 2 aliphatic rings. The highest BCUT2D eigenvalue weighted by Gasteiger charge is 2.30. The third-order valence-corrected chi connectivity index (χ3v) is 5.46. The van der Waals surface area contributed by atoms with E-state index in [0.29, 0.717) is 12.1 Å². The van der Waals surface area contributed by atoms with Gasteiger partial charge in [-0.25, -0.2) is 9.97 Å². The SMILES string of the molecule is CCN1CCCCC1n1c(C2CCNCC2)nc2cccnc21. The van der Waals surface area contributed by atoms with Gasteiger partial charge in [-0.15, -0.1) is 0 Å². The summed E-state index contributed by atoms with van der Waals surface area (Å²) >= 11 is 0. The normalized spacial score (nSPS) is 24.3. The van der Waals surface area contributed by atoms with Crippen molar-refractivity contribution < 1.29 is 0 Å². The molecule has 0 aliphatic carbocycles. The molecule has 4 heterocycles. The van der Waals surface area contributed by atoms with E-state index in [0.717, 1.165) is 30.8 Å². The molecule has 23 heavy (non-hydrogen) atoms. The molecule has 4 rings (SSSR count). The second-order valence-electron chi connectivity index (χ2n) is 6.82.